The van der Waals surface area contributed by atoms with E-state index < -0.39 is 17.7 Å². The van der Waals surface area contributed by atoms with Crippen LogP contribution >= 0.6 is 0 Å². The monoisotopic (exact) mass is 322 g/mol. The number of nitrogens with zero attached hydrogens (tertiary/aromatic N) is 2. The van der Waals surface area contributed by atoms with E-state index >= 15 is 0 Å². The van der Waals surface area contributed by atoms with E-state index in [4.69, 9.17) is 10.5 Å². The summed E-state index contributed by atoms with van der Waals surface area (Å²) in [7, 11) is 1.35. The van der Waals surface area contributed by atoms with Crippen molar-refractivity contribution in [1.29, 1.82) is 0 Å². The lowest BCUT2D eigenvalue weighted by atomic mass is 10.2. The number of anilines is 1. The standard InChI is InChI=1S/C15H22N4O4/c1-5-19(8-9(2)3)15(22)13(21)18-10-6-11(12(16)20)14(23-4)17-7-10/h6-7,9H,5,8H2,1-4H3,(H2,16,20)(H,18,21). The number of carbonyl (C=O) groups excluding carboxylic acids is 3. The number of primary amides is 1. The highest BCUT2D eigenvalue weighted by molar-refractivity contribution is 6.39. The van der Waals surface area contributed by atoms with E-state index in [2.05, 4.69) is 10.3 Å². The smallest absolute Gasteiger partial charge is 0.313 e. The minimum atomic E-state index is -0.796. The lowest BCUT2D eigenvalue weighted by molar-refractivity contribution is -0.143. The third-order valence-electron chi connectivity index (χ3n) is 3.02. The van der Waals surface area contributed by atoms with E-state index in [1.165, 1.54) is 24.3 Å². The van der Waals surface area contributed by atoms with Gasteiger partial charge in [0.15, 0.2) is 0 Å². The number of amides is 3. The molecule has 0 radical (unpaired) electrons. The van der Waals surface area contributed by atoms with Crippen LogP contribution in [-0.2, 0) is 9.59 Å². The molecule has 1 heterocycles. The van der Waals surface area contributed by atoms with Crippen molar-refractivity contribution in [3.05, 3.63) is 17.8 Å². The highest BCUT2D eigenvalue weighted by Gasteiger charge is 2.22. The van der Waals surface area contributed by atoms with Gasteiger partial charge in [-0.05, 0) is 18.9 Å². The summed E-state index contributed by atoms with van der Waals surface area (Å²) >= 11 is 0. The molecule has 0 aliphatic heterocycles. The van der Waals surface area contributed by atoms with E-state index in [1.54, 1.807) is 6.92 Å². The first-order valence-electron chi connectivity index (χ1n) is 7.24. The van der Waals surface area contributed by atoms with Crippen LogP contribution in [-0.4, -0.2) is 47.8 Å². The summed E-state index contributed by atoms with van der Waals surface area (Å²) in [5.74, 6) is -1.88. The molecule has 0 fully saturated rings. The van der Waals surface area contributed by atoms with Crippen LogP contribution in [0.15, 0.2) is 12.3 Å². The van der Waals surface area contributed by atoms with Gasteiger partial charge in [0.05, 0.1) is 19.0 Å². The largest absolute Gasteiger partial charge is 0.480 e. The van der Waals surface area contributed by atoms with Gasteiger partial charge in [-0.3, -0.25) is 14.4 Å². The summed E-state index contributed by atoms with van der Waals surface area (Å²) in [4.78, 5) is 40.9. The zero-order valence-corrected chi connectivity index (χ0v) is 13.8. The van der Waals surface area contributed by atoms with Crippen LogP contribution in [0.1, 0.15) is 31.1 Å². The van der Waals surface area contributed by atoms with Crippen molar-refractivity contribution in [3.8, 4) is 5.88 Å². The Morgan fingerprint density at radius 1 is 1.39 bits per heavy atom. The Bertz CT molecular complexity index is 601. The Kier molecular flexibility index (Phi) is 6.49. The minimum absolute atomic E-state index is 0.0206. The van der Waals surface area contributed by atoms with Crippen molar-refractivity contribution in [3.63, 3.8) is 0 Å². The average Bonchev–Trinajstić information content (AvgIpc) is 2.51. The van der Waals surface area contributed by atoms with E-state index in [-0.39, 0.29) is 23.0 Å². The zero-order chi connectivity index (χ0) is 17.6. The molecule has 8 nitrogen and oxygen atoms in total. The molecule has 0 atom stereocenters. The van der Waals surface area contributed by atoms with Crippen molar-refractivity contribution < 1.29 is 19.1 Å². The van der Waals surface area contributed by atoms with Gasteiger partial charge in [-0.15, -0.1) is 0 Å². The number of methoxy groups -OCH3 is 1. The number of nitrogens with two attached hydrogens (primary N) is 1. The molecule has 0 unspecified atom stereocenters. The van der Waals surface area contributed by atoms with Gasteiger partial charge >= 0.3 is 11.8 Å². The molecule has 0 bridgehead atoms. The molecule has 23 heavy (non-hydrogen) atoms. The fraction of sp³-hybridized carbons (Fsp3) is 0.467. The van der Waals surface area contributed by atoms with Crippen LogP contribution in [0.3, 0.4) is 0 Å². The molecular formula is C15H22N4O4. The van der Waals surface area contributed by atoms with Crippen molar-refractivity contribution in [2.45, 2.75) is 20.8 Å². The molecule has 0 aliphatic carbocycles. The summed E-state index contributed by atoms with van der Waals surface area (Å²) in [6.45, 7) is 6.63. The van der Waals surface area contributed by atoms with E-state index in [0.29, 0.717) is 13.1 Å². The van der Waals surface area contributed by atoms with Crippen molar-refractivity contribution in [2.24, 2.45) is 11.7 Å². The van der Waals surface area contributed by atoms with Crippen molar-refractivity contribution >= 4 is 23.4 Å². The third kappa shape index (κ3) is 4.94. The number of ether oxygens (including phenoxy) is 1. The Morgan fingerprint density at radius 3 is 2.52 bits per heavy atom. The minimum Gasteiger partial charge on any atom is -0.480 e. The third-order valence-corrected chi connectivity index (χ3v) is 3.02. The molecule has 3 N–H and O–H groups in total. The van der Waals surface area contributed by atoms with E-state index in [1.807, 2.05) is 13.8 Å². The SMILES string of the molecule is CCN(CC(C)C)C(=O)C(=O)Nc1cnc(OC)c(C(N)=O)c1. The van der Waals surface area contributed by atoms with Gasteiger partial charge in [-0.25, -0.2) is 4.98 Å². The van der Waals surface area contributed by atoms with Crippen LogP contribution in [0.4, 0.5) is 5.69 Å². The number of aromatic nitrogens is 1. The van der Waals surface area contributed by atoms with Crippen molar-refractivity contribution in [2.75, 3.05) is 25.5 Å². The molecule has 3 amide bonds. The zero-order valence-electron chi connectivity index (χ0n) is 13.8. The Labute approximate surface area is 135 Å². The van der Waals surface area contributed by atoms with Gasteiger partial charge in [-0.2, -0.15) is 0 Å². The van der Waals surface area contributed by atoms with Gasteiger partial charge in [0, 0.05) is 13.1 Å². The first kappa shape index (κ1) is 18.4. The molecule has 126 valence electrons. The first-order valence-corrected chi connectivity index (χ1v) is 7.24. The molecule has 1 aromatic rings. The fourth-order valence-electron chi connectivity index (χ4n) is 1.98. The normalized spacial score (nSPS) is 10.3. The Hall–Kier alpha value is -2.64. The molecule has 0 aliphatic rings. The second-order valence-corrected chi connectivity index (χ2v) is 5.34. The summed E-state index contributed by atoms with van der Waals surface area (Å²) in [5.41, 5.74) is 5.44. The molecule has 0 spiro atoms. The quantitative estimate of drug-likeness (QED) is 0.746. The van der Waals surface area contributed by atoms with Gasteiger partial charge in [0.25, 0.3) is 5.91 Å². The molecular weight excluding hydrogens is 300 g/mol. The van der Waals surface area contributed by atoms with Gasteiger partial charge < -0.3 is 20.7 Å². The molecule has 8 heteroatoms. The first-order chi connectivity index (χ1) is 10.8. The molecule has 1 rings (SSSR count). The lowest BCUT2D eigenvalue weighted by Gasteiger charge is -2.22. The fourth-order valence-corrected chi connectivity index (χ4v) is 1.98. The highest BCUT2D eigenvalue weighted by atomic mass is 16.5. The summed E-state index contributed by atoms with van der Waals surface area (Å²) in [5, 5.41) is 2.42. The second kappa shape index (κ2) is 8.11. The van der Waals surface area contributed by atoms with Crippen LogP contribution < -0.4 is 15.8 Å². The number of hydrogen-bond donors (Lipinski definition) is 2. The van der Waals surface area contributed by atoms with Gasteiger partial charge in [0.2, 0.25) is 5.88 Å². The predicted molar refractivity (Wildman–Crippen MR) is 85.0 cm³/mol. The number of nitrogens with one attached hydrogen (secondary N) is 1. The second-order valence-electron chi connectivity index (χ2n) is 5.34. The highest BCUT2D eigenvalue weighted by Crippen LogP contribution is 2.18. The topological polar surface area (TPSA) is 115 Å². The van der Waals surface area contributed by atoms with E-state index in [0.717, 1.165) is 0 Å². The Balaban J connectivity index is 2.90. The Morgan fingerprint density at radius 2 is 2.04 bits per heavy atom. The van der Waals surface area contributed by atoms with Crippen molar-refractivity contribution in [1.82, 2.24) is 9.88 Å². The summed E-state index contributed by atoms with van der Waals surface area (Å²) < 4.78 is 4.91. The molecule has 1 aromatic heterocycles. The number of rotatable bonds is 6. The number of likely N-dealkylation sites (N-methyl/N-ethyl adjacent to an activating group) is 1. The van der Waals surface area contributed by atoms with E-state index in [9.17, 15) is 14.4 Å². The lowest BCUT2D eigenvalue weighted by Crippen LogP contribution is -2.41. The maximum absolute atomic E-state index is 12.1. The van der Waals surface area contributed by atoms with Gasteiger partial charge in [-0.1, -0.05) is 13.8 Å². The van der Waals surface area contributed by atoms with Crippen LogP contribution in [0.2, 0.25) is 0 Å². The molecule has 0 saturated heterocycles. The number of carbonyl (C=O) groups is 3. The van der Waals surface area contributed by atoms with Gasteiger partial charge in [0.1, 0.15) is 5.56 Å². The summed E-state index contributed by atoms with van der Waals surface area (Å²) in [6, 6.07) is 1.32. The number of hydrogen-bond acceptors (Lipinski definition) is 5. The molecule has 0 saturated carbocycles. The molecule has 0 aromatic carbocycles. The predicted octanol–water partition coefficient (Wildman–Crippen LogP) is 0.632. The summed E-state index contributed by atoms with van der Waals surface area (Å²) in [6.07, 6.45) is 1.29. The number of pyridine rings is 1. The maximum Gasteiger partial charge on any atom is 0.313 e. The van der Waals surface area contributed by atoms with Crippen LogP contribution in [0.5, 0.6) is 5.88 Å². The average molecular weight is 322 g/mol. The maximum atomic E-state index is 12.1. The van der Waals surface area contributed by atoms with Crippen LogP contribution in [0, 0.1) is 5.92 Å². The van der Waals surface area contributed by atoms with Crippen LogP contribution in [0.25, 0.3) is 0 Å².